The van der Waals surface area contributed by atoms with Crippen LogP contribution in [0.2, 0.25) is 0 Å². The second-order valence-electron chi connectivity index (χ2n) is 6.19. The molecule has 0 saturated carbocycles. The molecule has 4 atom stereocenters. The first-order chi connectivity index (χ1) is 9.88. The van der Waals surface area contributed by atoms with Crippen LogP contribution in [0.25, 0.3) is 0 Å². The number of rotatable bonds is 1. The van der Waals surface area contributed by atoms with Gasteiger partial charge in [-0.2, -0.15) is 0 Å². The molecule has 4 nitrogen and oxygen atoms in total. The van der Waals surface area contributed by atoms with Crippen molar-refractivity contribution in [2.45, 2.75) is 59.2 Å². The van der Waals surface area contributed by atoms with Crippen LogP contribution < -0.4 is 0 Å². The van der Waals surface area contributed by atoms with E-state index in [4.69, 9.17) is 9.47 Å². The number of hydrogen-bond acceptors (Lipinski definition) is 4. The number of hydrogen-bond donors (Lipinski definition) is 0. The maximum atomic E-state index is 11.8. The van der Waals surface area contributed by atoms with Crippen molar-refractivity contribution in [3.05, 3.63) is 23.3 Å². The molecule has 1 saturated heterocycles. The number of ether oxygens (including phenoxy) is 2. The van der Waals surface area contributed by atoms with E-state index in [2.05, 4.69) is 13.0 Å². The molecule has 0 radical (unpaired) electrons. The van der Waals surface area contributed by atoms with Crippen molar-refractivity contribution in [3.8, 4) is 0 Å². The van der Waals surface area contributed by atoms with E-state index in [1.54, 1.807) is 0 Å². The highest BCUT2D eigenvalue weighted by molar-refractivity contribution is 5.75. The summed E-state index contributed by atoms with van der Waals surface area (Å²) in [6.07, 6.45) is 6.20. The van der Waals surface area contributed by atoms with Crippen LogP contribution in [0.4, 0.5) is 0 Å². The Bertz CT molecular complexity index is 489. The fourth-order valence-electron chi connectivity index (χ4n) is 3.06. The lowest BCUT2D eigenvalue weighted by molar-refractivity contribution is -0.145. The summed E-state index contributed by atoms with van der Waals surface area (Å²) in [5.41, 5.74) is 2.22. The average molecular weight is 292 g/mol. The summed E-state index contributed by atoms with van der Waals surface area (Å²) in [5, 5.41) is 0. The molecular formula is C17H24O4. The lowest BCUT2D eigenvalue weighted by Crippen LogP contribution is -2.23. The Hall–Kier alpha value is -1.58. The van der Waals surface area contributed by atoms with E-state index in [9.17, 15) is 9.59 Å². The van der Waals surface area contributed by atoms with Crippen LogP contribution >= 0.6 is 0 Å². The van der Waals surface area contributed by atoms with Gasteiger partial charge in [0.05, 0.1) is 5.92 Å². The topological polar surface area (TPSA) is 52.6 Å². The Morgan fingerprint density at radius 1 is 1.38 bits per heavy atom. The van der Waals surface area contributed by atoms with E-state index in [1.165, 1.54) is 12.5 Å². The second kappa shape index (κ2) is 6.46. The van der Waals surface area contributed by atoms with Gasteiger partial charge in [0.25, 0.3) is 0 Å². The molecule has 1 aliphatic carbocycles. The molecule has 1 heterocycles. The molecule has 0 aromatic rings. The Morgan fingerprint density at radius 3 is 2.76 bits per heavy atom. The highest BCUT2D eigenvalue weighted by Gasteiger charge is 2.40. The van der Waals surface area contributed by atoms with E-state index in [0.717, 1.165) is 18.4 Å². The van der Waals surface area contributed by atoms with Crippen molar-refractivity contribution in [2.75, 3.05) is 0 Å². The van der Waals surface area contributed by atoms with Gasteiger partial charge in [-0.15, -0.1) is 0 Å². The minimum absolute atomic E-state index is 0.0709. The van der Waals surface area contributed by atoms with Crippen molar-refractivity contribution in [1.29, 1.82) is 0 Å². The van der Waals surface area contributed by atoms with Crippen molar-refractivity contribution < 1.29 is 19.1 Å². The molecule has 0 N–H and O–H groups in total. The molecule has 0 aromatic carbocycles. The van der Waals surface area contributed by atoms with Crippen LogP contribution in [0.15, 0.2) is 23.3 Å². The fraction of sp³-hybridized carbons (Fsp3) is 0.647. The highest BCUT2D eigenvalue weighted by Crippen LogP contribution is 2.35. The molecule has 4 heteroatoms. The predicted octanol–water partition coefficient (Wildman–Crippen LogP) is 3.17. The molecule has 2 aliphatic rings. The maximum Gasteiger partial charge on any atom is 0.309 e. The van der Waals surface area contributed by atoms with Gasteiger partial charge < -0.3 is 9.47 Å². The lowest BCUT2D eigenvalue weighted by atomic mass is 9.84. The maximum absolute atomic E-state index is 11.8. The zero-order chi connectivity index (χ0) is 15.6. The predicted molar refractivity (Wildman–Crippen MR) is 79.5 cm³/mol. The zero-order valence-corrected chi connectivity index (χ0v) is 13.2. The lowest BCUT2D eigenvalue weighted by Gasteiger charge is -2.23. The monoisotopic (exact) mass is 292 g/mol. The third kappa shape index (κ3) is 3.74. The van der Waals surface area contributed by atoms with Crippen molar-refractivity contribution in [3.63, 3.8) is 0 Å². The van der Waals surface area contributed by atoms with Gasteiger partial charge in [0, 0.05) is 19.3 Å². The zero-order valence-electron chi connectivity index (χ0n) is 13.2. The van der Waals surface area contributed by atoms with E-state index in [0.29, 0.717) is 6.42 Å². The van der Waals surface area contributed by atoms with Crippen molar-refractivity contribution in [2.24, 2.45) is 11.8 Å². The van der Waals surface area contributed by atoms with E-state index in [-0.39, 0.29) is 36.0 Å². The van der Waals surface area contributed by atoms with Gasteiger partial charge in [0.15, 0.2) is 0 Å². The van der Waals surface area contributed by atoms with Crippen molar-refractivity contribution in [1.82, 2.24) is 0 Å². The number of allylic oxidation sites excluding steroid dienone is 1. The Labute approximate surface area is 126 Å². The summed E-state index contributed by atoms with van der Waals surface area (Å²) in [5.74, 6) is -0.284. The minimum atomic E-state index is -0.288. The van der Waals surface area contributed by atoms with Gasteiger partial charge in [-0.05, 0) is 38.3 Å². The molecule has 0 spiro atoms. The third-order valence-electron chi connectivity index (χ3n) is 4.48. The summed E-state index contributed by atoms with van der Waals surface area (Å²) in [4.78, 5) is 23.1. The fourth-order valence-corrected chi connectivity index (χ4v) is 3.06. The van der Waals surface area contributed by atoms with Crippen LogP contribution in [-0.4, -0.2) is 24.1 Å². The Balaban J connectivity index is 2.28. The quantitative estimate of drug-likeness (QED) is 0.550. The first kappa shape index (κ1) is 15.8. The summed E-state index contributed by atoms with van der Waals surface area (Å²) in [7, 11) is 0. The standard InChI is InChI=1S/C17H24O4/c1-10-5-7-14-12(3)17(19)21-16(14)9-11(2)15(8-6-10)20-13(4)18/h6,9,12,14-16H,5,7-8H2,1-4H3/b10-6-,11-9?/t12-,14+,15+,16-/m1/s1. The van der Waals surface area contributed by atoms with Crippen molar-refractivity contribution >= 4 is 11.9 Å². The smallest absolute Gasteiger partial charge is 0.309 e. The largest absolute Gasteiger partial charge is 0.458 e. The van der Waals surface area contributed by atoms with Gasteiger partial charge in [0.1, 0.15) is 12.2 Å². The first-order valence-corrected chi connectivity index (χ1v) is 7.60. The first-order valence-electron chi connectivity index (χ1n) is 7.60. The second-order valence-corrected chi connectivity index (χ2v) is 6.19. The van der Waals surface area contributed by atoms with Gasteiger partial charge >= 0.3 is 11.9 Å². The molecule has 0 unspecified atom stereocenters. The molecule has 0 amide bonds. The van der Waals surface area contributed by atoms with Gasteiger partial charge in [0.2, 0.25) is 0 Å². The molecule has 1 aliphatic heterocycles. The summed E-state index contributed by atoms with van der Waals surface area (Å²) >= 11 is 0. The number of esters is 2. The molecule has 0 aromatic heterocycles. The molecule has 116 valence electrons. The van der Waals surface area contributed by atoms with E-state index >= 15 is 0 Å². The van der Waals surface area contributed by atoms with Gasteiger partial charge in [-0.3, -0.25) is 9.59 Å². The minimum Gasteiger partial charge on any atom is -0.458 e. The van der Waals surface area contributed by atoms with Crippen LogP contribution in [0.1, 0.15) is 47.0 Å². The molecule has 21 heavy (non-hydrogen) atoms. The number of carbonyl (C=O) groups is 2. The van der Waals surface area contributed by atoms with Gasteiger partial charge in [-0.25, -0.2) is 0 Å². The van der Waals surface area contributed by atoms with Crippen LogP contribution in [-0.2, 0) is 19.1 Å². The number of fused-ring (bicyclic) bond motifs is 1. The Kier molecular flexibility index (Phi) is 4.86. The number of carbonyl (C=O) groups excluding carboxylic acids is 2. The van der Waals surface area contributed by atoms with E-state index < -0.39 is 0 Å². The molecule has 2 rings (SSSR count). The van der Waals surface area contributed by atoms with Crippen LogP contribution in [0, 0.1) is 11.8 Å². The molecule has 1 fully saturated rings. The van der Waals surface area contributed by atoms with E-state index in [1.807, 2.05) is 19.9 Å². The average Bonchev–Trinajstić information content (AvgIpc) is 2.66. The summed E-state index contributed by atoms with van der Waals surface area (Å²) < 4.78 is 10.9. The normalized spacial score (nSPS) is 35.9. The highest BCUT2D eigenvalue weighted by atomic mass is 16.6. The Morgan fingerprint density at radius 2 is 2.10 bits per heavy atom. The SMILES string of the molecule is CC(=O)O[C@H]1C/C=C(/C)CC[C@@H]2[C@@H](C=C1C)OC(=O)[C@@H]2C. The third-order valence-corrected chi connectivity index (χ3v) is 4.48. The summed E-state index contributed by atoms with van der Waals surface area (Å²) in [6.45, 7) is 7.38. The summed E-state index contributed by atoms with van der Waals surface area (Å²) in [6, 6.07) is 0. The molecular weight excluding hydrogens is 268 g/mol. The van der Waals surface area contributed by atoms with Crippen LogP contribution in [0.5, 0.6) is 0 Å². The van der Waals surface area contributed by atoms with Crippen LogP contribution in [0.3, 0.4) is 0 Å². The van der Waals surface area contributed by atoms with Gasteiger partial charge in [-0.1, -0.05) is 18.6 Å². The molecule has 0 bridgehead atoms.